The van der Waals surface area contributed by atoms with Crippen LogP contribution in [0.15, 0.2) is 18.2 Å². The van der Waals surface area contributed by atoms with Gasteiger partial charge in [0.15, 0.2) is 0 Å². The highest BCUT2D eigenvalue weighted by Gasteiger charge is 2.28. The van der Waals surface area contributed by atoms with Gasteiger partial charge in [-0.1, -0.05) is 0 Å². The van der Waals surface area contributed by atoms with E-state index in [1.807, 2.05) is 12.1 Å². The number of hydrogen-bond acceptors (Lipinski definition) is 4. The Kier molecular flexibility index (Phi) is 4.56. The van der Waals surface area contributed by atoms with Gasteiger partial charge in [-0.25, -0.2) is 0 Å². The van der Waals surface area contributed by atoms with Crippen molar-refractivity contribution in [2.24, 2.45) is 0 Å². The van der Waals surface area contributed by atoms with Gasteiger partial charge in [-0.15, -0.1) is 0 Å². The molecular formula is C15H21NO3. The molecule has 0 bridgehead atoms. The number of nitrogens with zero attached hydrogens (tertiary/aromatic N) is 1. The van der Waals surface area contributed by atoms with Crippen LogP contribution in [-0.2, 0) is 11.3 Å². The van der Waals surface area contributed by atoms with E-state index in [0.717, 1.165) is 37.2 Å². The number of benzene rings is 1. The average molecular weight is 263 g/mol. The number of carbonyl (C=O) groups excluding carboxylic acids is 1. The third kappa shape index (κ3) is 3.14. The number of methoxy groups -OCH3 is 1. The first-order valence-electron chi connectivity index (χ1n) is 6.59. The molecule has 1 fully saturated rings. The third-order valence-corrected chi connectivity index (χ3v) is 3.76. The van der Waals surface area contributed by atoms with Crippen LogP contribution in [-0.4, -0.2) is 44.1 Å². The van der Waals surface area contributed by atoms with Crippen molar-refractivity contribution < 1.29 is 14.3 Å². The fourth-order valence-corrected chi connectivity index (χ4v) is 2.68. The molecule has 1 aromatic rings. The predicted octanol–water partition coefficient (Wildman–Crippen LogP) is 2.12. The smallest absolute Gasteiger partial charge is 0.150 e. The van der Waals surface area contributed by atoms with Gasteiger partial charge in [0, 0.05) is 30.3 Å². The maximum atomic E-state index is 10.9. The molecular weight excluding hydrogens is 242 g/mol. The zero-order valence-electron chi connectivity index (χ0n) is 11.8. The van der Waals surface area contributed by atoms with Crippen LogP contribution in [0.1, 0.15) is 29.3 Å². The fourth-order valence-electron chi connectivity index (χ4n) is 2.68. The SMILES string of the molecule is COc1ccc(C=O)cc1CN(C)C1CCOC1C. The Balaban J connectivity index is 2.14. The van der Waals surface area contributed by atoms with Gasteiger partial charge >= 0.3 is 0 Å². The monoisotopic (exact) mass is 263 g/mol. The lowest BCUT2D eigenvalue weighted by molar-refractivity contribution is 0.0811. The summed E-state index contributed by atoms with van der Waals surface area (Å²) in [6, 6.07) is 5.94. The molecule has 0 N–H and O–H groups in total. The molecule has 1 aliphatic heterocycles. The Bertz CT molecular complexity index is 447. The minimum absolute atomic E-state index is 0.255. The van der Waals surface area contributed by atoms with E-state index in [1.54, 1.807) is 13.2 Å². The molecule has 19 heavy (non-hydrogen) atoms. The minimum Gasteiger partial charge on any atom is -0.496 e. The van der Waals surface area contributed by atoms with Gasteiger partial charge in [-0.3, -0.25) is 9.69 Å². The molecule has 0 radical (unpaired) electrons. The molecule has 0 saturated carbocycles. The Labute approximate surface area is 114 Å². The van der Waals surface area contributed by atoms with Crippen molar-refractivity contribution in [3.8, 4) is 5.75 Å². The van der Waals surface area contributed by atoms with Crippen LogP contribution >= 0.6 is 0 Å². The average Bonchev–Trinajstić information content (AvgIpc) is 2.85. The number of carbonyl (C=O) groups is 1. The third-order valence-electron chi connectivity index (χ3n) is 3.76. The first-order valence-corrected chi connectivity index (χ1v) is 6.59. The van der Waals surface area contributed by atoms with Gasteiger partial charge in [0.2, 0.25) is 0 Å². The van der Waals surface area contributed by atoms with E-state index in [2.05, 4.69) is 18.9 Å². The van der Waals surface area contributed by atoms with E-state index >= 15 is 0 Å². The molecule has 0 amide bonds. The molecule has 0 spiro atoms. The maximum Gasteiger partial charge on any atom is 0.150 e. The Morgan fingerprint density at radius 2 is 2.32 bits per heavy atom. The summed E-state index contributed by atoms with van der Waals surface area (Å²) in [7, 11) is 3.74. The van der Waals surface area contributed by atoms with E-state index in [-0.39, 0.29) is 6.10 Å². The number of ether oxygens (including phenoxy) is 2. The number of rotatable bonds is 5. The van der Waals surface area contributed by atoms with E-state index < -0.39 is 0 Å². The maximum absolute atomic E-state index is 10.9. The molecule has 104 valence electrons. The Hall–Kier alpha value is -1.39. The quantitative estimate of drug-likeness (QED) is 0.763. The molecule has 2 unspecified atom stereocenters. The lowest BCUT2D eigenvalue weighted by atomic mass is 10.1. The summed E-state index contributed by atoms with van der Waals surface area (Å²) in [6.07, 6.45) is 2.17. The van der Waals surface area contributed by atoms with Gasteiger partial charge in [0.25, 0.3) is 0 Å². The molecule has 0 aromatic heterocycles. The molecule has 2 atom stereocenters. The van der Waals surface area contributed by atoms with Gasteiger partial charge in [-0.05, 0) is 38.6 Å². The summed E-state index contributed by atoms with van der Waals surface area (Å²) in [6.45, 7) is 3.68. The normalized spacial score (nSPS) is 22.7. The zero-order valence-corrected chi connectivity index (χ0v) is 11.8. The van der Waals surface area contributed by atoms with Crippen LogP contribution in [0.2, 0.25) is 0 Å². The lowest BCUT2D eigenvalue weighted by Crippen LogP contribution is -2.36. The van der Waals surface area contributed by atoms with E-state index in [0.29, 0.717) is 11.6 Å². The fraction of sp³-hybridized carbons (Fsp3) is 0.533. The molecule has 2 rings (SSSR count). The van der Waals surface area contributed by atoms with E-state index in [1.165, 1.54) is 0 Å². The van der Waals surface area contributed by atoms with E-state index in [4.69, 9.17) is 9.47 Å². The highest BCUT2D eigenvalue weighted by Crippen LogP contribution is 2.24. The second-order valence-corrected chi connectivity index (χ2v) is 5.04. The van der Waals surface area contributed by atoms with Crippen molar-refractivity contribution in [2.45, 2.75) is 32.0 Å². The predicted molar refractivity (Wildman–Crippen MR) is 73.7 cm³/mol. The van der Waals surface area contributed by atoms with Crippen molar-refractivity contribution in [3.63, 3.8) is 0 Å². The largest absolute Gasteiger partial charge is 0.496 e. The van der Waals surface area contributed by atoms with Gasteiger partial charge < -0.3 is 9.47 Å². The highest BCUT2D eigenvalue weighted by molar-refractivity contribution is 5.75. The summed E-state index contributed by atoms with van der Waals surface area (Å²) >= 11 is 0. The lowest BCUT2D eigenvalue weighted by Gasteiger charge is -2.27. The summed E-state index contributed by atoms with van der Waals surface area (Å²) < 4.78 is 11.0. The summed E-state index contributed by atoms with van der Waals surface area (Å²) in [4.78, 5) is 13.1. The van der Waals surface area contributed by atoms with Crippen LogP contribution in [0.5, 0.6) is 5.75 Å². The van der Waals surface area contributed by atoms with Gasteiger partial charge in [-0.2, -0.15) is 0 Å². The molecule has 1 saturated heterocycles. The Morgan fingerprint density at radius 3 is 2.89 bits per heavy atom. The van der Waals surface area contributed by atoms with Gasteiger partial charge in [0.1, 0.15) is 12.0 Å². The van der Waals surface area contributed by atoms with Crippen LogP contribution in [0.4, 0.5) is 0 Å². The highest BCUT2D eigenvalue weighted by atomic mass is 16.5. The standard InChI is InChI=1S/C15H21NO3/c1-11-14(6-7-19-11)16(2)9-13-8-12(10-17)4-5-15(13)18-3/h4-5,8,10-11,14H,6-7,9H2,1-3H3. The van der Waals surface area contributed by atoms with Crippen molar-refractivity contribution in [2.75, 3.05) is 20.8 Å². The molecule has 1 aromatic carbocycles. The van der Waals surface area contributed by atoms with Crippen LogP contribution < -0.4 is 4.74 Å². The molecule has 1 heterocycles. The first kappa shape index (κ1) is 14.0. The first-order chi connectivity index (χ1) is 9.15. The van der Waals surface area contributed by atoms with Crippen LogP contribution in [0, 0.1) is 0 Å². The van der Waals surface area contributed by atoms with Crippen molar-refractivity contribution >= 4 is 6.29 Å². The molecule has 4 nitrogen and oxygen atoms in total. The summed E-state index contributed by atoms with van der Waals surface area (Å²) in [5.41, 5.74) is 1.72. The van der Waals surface area contributed by atoms with Crippen molar-refractivity contribution in [1.82, 2.24) is 4.90 Å². The molecule has 4 heteroatoms. The summed E-state index contributed by atoms with van der Waals surface area (Å²) in [5.74, 6) is 0.823. The zero-order chi connectivity index (χ0) is 13.8. The topological polar surface area (TPSA) is 38.8 Å². The van der Waals surface area contributed by atoms with Crippen LogP contribution in [0.3, 0.4) is 0 Å². The van der Waals surface area contributed by atoms with Gasteiger partial charge in [0.05, 0.1) is 13.2 Å². The second-order valence-electron chi connectivity index (χ2n) is 5.04. The Morgan fingerprint density at radius 1 is 1.53 bits per heavy atom. The second kappa shape index (κ2) is 6.17. The summed E-state index contributed by atoms with van der Waals surface area (Å²) in [5, 5.41) is 0. The number of hydrogen-bond donors (Lipinski definition) is 0. The van der Waals surface area contributed by atoms with Crippen molar-refractivity contribution in [1.29, 1.82) is 0 Å². The number of aldehydes is 1. The number of likely N-dealkylation sites (N-methyl/N-ethyl adjacent to an activating group) is 1. The minimum atomic E-state index is 0.255. The van der Waals surface area contributed by atoms with E-state index in [9.17, 15) is 4.79 Å². The van der Waals surface area contributed by atoms with Crippen molar-refractivity contribution in [3.05, 3.63) is 29.3 Å². The molecule has 0 aliphatic carbocycles. The molecule has 1 aliphatic rings. The van der Waals surface area contributed by atoms with Crippen LogP contribution in [0.25, 0.3) is 0 Å².